The zero-order valence-corrected chi connectivity index (χ0v) is 8.92. The van der Waals surface area contributed by atoms with Gasteiger partial charge in [0.05, 0.1) is 6.54 Å². The number of furan rings is 1. The summed E-state index contributed by atoms with van der Waals surface area (Å²) in [6, 6.07) is 4.23. The van der Waals surface area contributed by atoms with Gasteiger partial charge < -0.3 is 14.5 Å². The van der Waals surface area contributed by atoms with Gasteiger partial charge in [0.1, 0.15) is 24.7 Å². The van der Waals surface area contributed by atoms with Crippen molar-refractivity contribution in [3.8, 4) is 0 Å². The summed E-state index contributed by atoms with van der Waals surface area (Å²) < 4.78 is 33.8. The highest BCUT2D eigenvalue weighted by Gasteiger charge is 2.20. The van der Waals surface area contributed by atoms with E-state index >= 15 is 0 Å². The predicted molar refractivity (Wildman–Crippen MR) is 54.2 cm³/mol. The number of ether oxygens (including phenoxy) is 1. The molecule has 0 unspecified atom stereocenters. The highest BCUT2D eigenvalue weighted by Crippen LogP contribution is 2.19. The van der Waals surface area contributed by atoms with Gasteiger partial charge in [-0.05, 0) is 25.0 Å². The molecule has 0 spiro atoms. The Morgan fingerprint density at radius 2 is 2.12 bits per heavy atom. The number of hydrogen-bond acceptors (Lipinski definition) is 3. The molecule has 1 saturated carbocycles. The SMILES string of the molecule is FC(F)COCc1ccc(CNC2CC2)o1. The Hall–Kier alpha value is -0.940. The molecule has 1 aromatic heterocycles. The van der Waals surface area contributed by atoms with Crippen LogP contribution in [0.3, 0.4) is 0 Å². The van der Waals surface area contributed by atoms with Crippen molar-refractivity contribution in [3.63, 3.8) is 0 Å². The lowest BCUT2D eigenvalue weighted by Crippen LogP contribution is -2.14. The fourth-order valence-corrected chi connectivity index (χ4v) is 1.38. The maximum absolute atomic E-state index is 11.8. The summed E-state index contributed by atoms with van der Waals surface area (Å²) in [4.78, 5) is 0. The van der Waals surface area contributed by atoms with Crippen molar-refractivity contribution in [1.82, 2.24) is 5.32 Å². The van der Waals surface area contributed by atoms with Crippen molar-refractivity contribution in [1.29, 1.82) is 0 Å². The molecule has 0 amide bonds. The molecule has 0 radical (unpaired) electrons. The molecule has 0 saturated heterocycles. The minimum atomic E-state index is -2.43. The van der Waals surface area contributed by atoms with Gasteiger partial charge in [0.25, 0.3) is 6.43 Å². The van der Waals surface area contributed by atoms with Gasteiger partial charge in [-0.15, -0.1) is 0 Å². The summed E-state index contributed by atoms with van der Waals surface area (Å²) >= 11 is 0. The van der Waals surface area contributed by atoms with Gasteiger partial charge >= 0.3 is 0 Å². The van der Waals surface area contributed by atoms with Crippen LogP contribution in [0, 0.1) is 0 Å². The normalized spacial score (nSPS) is 15.9. The van der Waals surface area contributed by atoms with Crippen LogP contribution in [0.4, 0.5) is 8.78 Å². The van der Waals surface area contributed by atoms with Gasteiger partial charge in [-0.2, -0.15) is 0 Å². The molecule has 0 atom stereocenters. The van der Waals surface area contributed by atoms with E-state index in [1.807, 2.05) is 6.07 Å². The van der Waals surface area contributed by atoms with E-state index in [1.165, 1.54) is 12.8 Å². The second-order valence-corrected chi connectivity index (χ2v) is 3.93. The zero-order chi connectivity index (χ0) is 11.4. The summed E-state index contributed by atoms with van der Waals surface area (Å²) in [7, 11) is 0. The minimum Gasteiger partial charge on any atom is -0.462 e. The van der Waals surface area contributed by atoms with Crippen LogP contribution in [0.1, 0.15) is 24.4 Å². The van der Waals surface area contributed by atoms with E-state index < -0.39 is 13.0 Å². The van der Waals surface area contributed by atoms with Crippen LogP contribution in [0.15, 0.2) is 16.5 Å². The molecule has 1 aromatic rings. The lowest BCUT2D eigenvalue weighted by atomic mass is 10.4. The first-order valence-corrected chi connectivity index (χ1v) is 5.41. The van der Waals surface area contributed by atoms with E-state index in [2.05, 4.69) is 5.32 Å². The van der Waals surface area contributed by atoms with Gasteiger partial charge in [0.15, 0.2) is 0 Å². The van der Waals surface area contributed by atoms with E-state index in [0.717, 1.165) is 5.76 Å². The van der Waals surface area contributed by atoms with Gasteiger partial charge in [-0.3, -0.25) is 0 Å². The summed E-state index contributed by atoms with van der Waals surface area (Å²) in [5.41, 5.74) is 0. The second kappa shape index (κ2) is 5.41. The Labute approximate surface area is 92.8 Å². The Bertz CT molecular complexity index is 324. The third-order valence-corrected chi connectivity index (χ3v) is 2.35. The molecular formula is C11H15F2NO2. The Morgan fingerprint density at radius 1 is 1.38 bits per heavy atom. The number of alkyl halides is 2. The van der Waals surface area contributed by atoms with Crippen LogP contribution in [0.25, 0.3) is 0 Å². The molecule has 1 aliphatic rings. The summed E-state index contributed by atoms with van der Waals surface area (Å²) in [5, 5.41) is 3.31. The summed E-state index contributed by atoms with van der Waals surface area (Å²) in [6.45, 7) is 0.254. The molecule has 1 heterocycles. The molecule has 3 nitrogen and oxygen atoms in total. The number of hydrogen-bond donors (Lipinski definition) is 1. The fraction of sp³-hybridized carbons (Fsp3) is 0.636. The van der Waals surface area contributed by atoms with Crippen molar-refractivity contribution in [3.05, 3.63) is 23.7 Å². The molecule has 0 aromatic carbocycles. The second-order valence-electron chi connectivity index (χ2n) is 3.93. The fourth-order valence-electron chi connectivity index (χ4n) is 1.38. The quantitative estimate of drug-likeness (QED) is 0.782. The van der Waals surface area contributed by atoms with Crippen LogP contribution in [0.5, 0.6) is 0 Å². The van der Waals surface area contributed by atoms with Crippen molar-refractivity contribution in [2.75, 3.05) is 6.61 Å². The van der Waals surface area contributed by atoms with Crippen molar-refractivity contribution >= 4 is 0 Å². The molecule has 0 bridgehead atoms. The number of halogens is 2. The zero-order valence-electron chi connectivity index (χ0n) is 8.92. The molecule has 90 valence electrons. The first kappa shape index (κ1) is 11.5. The van der Waals surface area contributed by atoms with Gasteiger partial charge in [0, 0.05) is 6.04 Å². The average Bonchev–Trinajstić information content (AvgIpc) is 2.96. The van der Waals surface area contributed by atoms with E-state index in [1.54, 1.807) is 6.07 Å². The van der Waals surface area contributed by atoms with Crippen LogP contribution >= 0.6 is 0 Å². The third kappa shape index (κ3) is 3.90. The smallest absolute Gasteiger partial charge is 0.261 e. The maximum atomic E-state index is 11.8. The largest absolute Gasteiger partial charge is 0.462 e. The Balaban J connectivity index is 1.68. The van der Waals surface area contributed by atoms with E-state index in [9.17, 15) is 8.78 Å². The van der Waals surface area contributed by atoms with Crippen LogP contribution in [-0.2, 0) is 17.9 Å². The van der Waals surface area contributed by atoms with Crippen LogP contribution in [0.2, 0.25) is 0 Å². The lowest BCUT2D eigenvalue weighted by molar-refractivity contribution is 0.00426. The van der Waals surface area contributed by atoms with Gasteiger partial charge in [0.2, 0.25) is 0 Å². The Kier molecular flexibility index (Phi) is 3.90. The first-order valence-electron chi connectivity index (χ1n) is 5.41. The molecule has 1 N–H and O–H groups in total. The first-order chi connectivity index (χ1) is 7.74. The standard InChI is InChI=1S/C11H15F2NO2/c12-11(13)7-15-6-10-4-3-9(16-10)5-14-8-1-2-8/h3-4,8,11,14H,1-2,5-7H2. The molecule has 16 heavy (non-hydrogen) atoms. The van der Waals surface area contributed by atoms with Crippen molar-refractivity contribution in [2.45, 2.75) is 38.5 Å². The monoisotopic (exact) mass is 231 g/mol. The van der Waals surface area contributed by atoms with Gasteiger partial charge in [-0.25, -0.2) is 8.78 Å². The molecule has 1 fully saturated rings. The predicted octanol–water partition coefficient (Wildman–Crippen LogP) is 2.31. The van der Waals surface area contributed by atoms with E-state index in [0.29, 0.717) is 18.3 Å². The van der Waals surface area contributed by atoms with Crippen LogP contribution < -0.4 is 5.32 Å². The Morgan fingerprint density at radius 3 is 2.81 bits per heavy atom. The molecular weight excluding hydrogens is 216 g/mol. The highest BCUT2D eigenvalue weighted by molar-refractivity contribution is 5.06. The third-order valence-electron chi connectivity index (χ3n) is 2.35. The topological polar surface area (TPSA) is 34.4 Å². The van der Waals surface area contributed by atoms with Crippen molar-refractivity contribution < 1.29 is 17.9 Å². The average molecular weight is 231 g/mol. The molecule has 0 aliphatic heterocycles. The molecule has 1 aliphatic carbocycles. The highest BCUT2D eigenvalue weighted by atomic mass is 19.3. The maximum Gasteiger partial charge on any atom is 0.261 e. The number of nitrogens with one attached hydrogen (secondary N) is 1. The van der Waals surface area contributed by atoms with Crippen LogP contribution in [-0.4, -0.2) is 19.1 Å². The lowest BCUT2D eigenvalue weighted by Gasteiger charge is -2.01. The minimum absolute atomic E-state index is 0.105. The summed E-state index contributed by atoms with van der Waals surface area (Å²) in [6.07, 6.45) is 0.0295. The van der Waals surface area contributed by atoms with Gasteiger partial charge in [-0.1, -0.05) is 0 Å². The summed E-state index contributed by atoms with van der Waals surface area (Å²) in [5.74, 6) is 1.41. The molecule has 5 heteroatoms. The van der Waals surface area contributed by atoms with E-state index in [4.69, 9.17) is 9.15 Å². The van der Waals surface area contributed by atoms with E-state index in [-0.39, 0.29) is 6.61 Å². The van der Waals surface area contributed by atoms with Crippen molar-refractivity contribution in [2.24, 2.45) is 0 Å². The number of rotatable bonds is 7. The molecule has 2 rings (SSSR count).